The van der Waals surface area contributed by atoms with E-state index in [4.69, 9.17) is 4.74 Å². The van der Waals surface area contributed by atoms with Crippen molar-refractivity contribution in [1.29, 1.82) is 0 Å². The summed E-state index contributed by atoms with van der Waals surface area (Å²) in [5.74, 6) is 0. The van der Waals surface area contributed by atoms with Gasteiger partial charge in [0.1, 0.15) is 0 Å². The van der Waals surface area contributed by atoms with Gasteiger partial charge in [0.15, 0.2) is 0 Å². The minimum atomic E-state index is 0.761. The fourth-order valence-corrected chi connectivity index (χ4v) is 1.47. The van der Waals surface area contributed by atoms with Crippen LogP contribution in [0, 0.1) is 0 Å². The fourth-order valence-electron chi connectivity index (χ4n) is 1.47. The van der Waals surface area contributed by atoms with Crippen LogP contribution in [-0.2, 0) is 4.74 Å². The third-order valence-electron chi connectivity index (χ3n) is 2.46. The predicted octanol–water partition coefficient (Wildman–Crippen LogP) is 1.94. The van der Waals surface area contributed by atoms with E-state index in [1.807, 2.05) is 0 Å². The maximum absolute atomic E-state index is 5.48. The van der Waals surface area contributed by atoms with Gasteiger partial charge in [0, 0.05) is 25.3 Å². The number of rotatable bonds is 7. The van der Waals surface area contributed by atoms with Crippen LogP contribution in [0.3, 0.4) is 0 Å². The molecule has 2 atom stereocenters. The molecule has 0 bridgehead atoms. The largest absolute Gasteiger partial charge is 0.381 e. The van der Waals surface area contributed by atoms with Crippen molar-refractivity contribution in [3.8, 4) is 0 Å². The zero-order valence-corrected chi connectivity index (χ0v) is 8.31. The average molecular weight is 171 g/mol. The molecule has 1 fully saturated rings. The van der Waals surface area contributed by atoms with Gasteiger partial charge in [-0.15, -0.1) is 0 Å². The van der Waals surface area contributed by atoms with E-state index in [-0.39, 0.29) is 0 Å². The predicted molar refractivity (Wildman–Crippen MR) is 51.3 cm³/mol. The standard InChI is InChI=1S/C10H21NO/c1-3-5-7-12-8-6-10-9(4-2)11-10/h9-11H,3-8H2,1-2H3. The van der Waals surface area contributed by atoms with E-state index in [9.17, 15) is 0 Å². The van der Waals surface area contributed by atoms with Gasteiger partial charge in [-0.3, -0.25) is 0 Å². The lowest BCUT2D eigenvalue weighted by Gasteiger charge is -2.00. The molecular formula is C10H21NO. The second-order valence-corrected chi connectivity index (χ2v) is 3.54. The summed E-state index contributed by atoms with van der Waals surface area (Å²) in [6.45, 7) is 6.31. The molecule has 1 N–H and O–H groups in total. The third-order valence-corrected chi connectivity index (χ3v) is 2.46. The summed E-state index contributed by atoms with van der Waals surface area (Å²) in [6.07, 6.45) is 4.90. The Kier molecular flexibility index (Phi) is 4.62. The van der Waals surface area contributed by atoms with E-state index >= 15 is 0 Å². The van der Waals surface area contributed by atoms with Crippen molar-refractivity contribution in [3.63, 3.8) is 0 Å². The van der Waals surface area contributed by atoms with Crippen molar-refractivity contribution >= 4 is 0 Å². The van der Waals surface area contributed by atoms with Crippen molar-refractivity contribution in [3.05, 3.63) is 0 Å². The molecule has 2 heteroatoms. The molecule has 12 heavy (non-hydrogen) atoms. The van der Waals surface area contributed by atoms with E-state index in [1.54, 1.807) is 0 Å². The molecule has 2 nitrogen and oxygen atoms in total. The van der Waals surface area contributed by atoms with Crippen molar-refractivity contribution in [1.82, 2.24) is 5.32 Å². The summed E-state index contributed by atoms with van der Waals surface area (Å²) in [5.41, 5.74) is 0. The van der Waals surface area contributed by atoms with Crippen LogP contribution in [0.2, 0.25) is 0 Å². The van der Waals surface area contributed by atoms with Gasteiger partial charge in [-0.2, -0.15) is 0 Å². The van der Waals surface area contributed by atoms with Crippen molar-refractivity contribution < 1.29 is 4.74 Å². The maximum Gasteiger partial charge on any atom is 0.0481 e. The minimum absolute atomic E-state index is 0.761. The first-order valence-electron chi connectivity index (χ1n) is 5.22. The second-order valence-electron chi connectivity index (χ2n) is 3.54. The fraction of sp³-hybridized carbons (Fsp3) is 1.00. The number of hydrogen-bond acceptors (Lipinski definition) is 2. The summed E-state index contributed by atoms with van der Waals surface area (Å²) >= 11 is 0. The minimum Gasteiger partial charge on any atom is -0.381 e. The molecule has 0 spiro atoms. The van der Waals surface area contributed by atoms with Gasteiger partial charge in [-0.05, 0) is 19.3 Å². The summed E-state index contributed by atoms with van der Waals surface area (Å²) < 4.78 is 5.48. The van der Waals surface area contributed by atoms with Gasteiger partial charge in [0.2, 0.25) is 0 Å². The Labute approximate surface area is 75.7 Å². The lowest BCUT2D eigenvalue weighted by Crippen LogP contribution is -2.02. The molecule has 1 heterocycles. The van der Waals surface area contributed by atoms with Crippen molar-refractivity contribution in [2.24, 2.45) is 0 Å². The highest BCUT2D eigenvalue weighted by Gasteiger charge is 2.33. The van der Waals surface area contributed by atoms with Crippen LogP contribution in [0.4, 0.5) is 0 Å². The number of nitrogens with one attached hydrogen (secondary N) is 1. The highest BCUT2D eigenvalue weighted by atomic mass is 16.5. The number of hydrogen-bond donors (Lipinski definition) is 1. The van der Waals surface area contributed by atoms with Gasteiger partial charge >= 0.3 is 0 Å². The molecule has 2 unspecified atom stereocenters. The monoisotopic (exact) mass is 171 g/mol. The van der Waals surface area contributed by atoms with Gasteiger partial charge in [0.05, 0.1) is 0 Å². The Morgan fingerprint density at radius 2 is 2.00 bits per heavy atom. The molecule has 0 saturated carbocycles. The smallest absolute Gasteiger partial charge is 0.0481 e. The summed E-state index contributed by atoms with van der Waals surface area (Å²) in [5, 5.41) is 3.43. The van der Waals surface area contributed by atoms with Gasteiger partial charge in [-0.25, -0.2) is 0 Å². The zero-order valence-electron chi connectivity index (χ0n) is 8.31. The molecule has 1 saturated heterocycles. The molecule has 0 aliphatic carbocycles. The van der Waals surface area contributed by atoms with Crippen LogP contribution in [0.15, 0.2) is 0 Å². The molecule has 72 valence electrons. The number of ether oxygens (including phenoxy) is 1. The SMILES string of the molecule is CCCCOCCC1NC1CC. The van der Waals surface area contributed by atoms with Gasteiger partial charge in [0.25, 0.3) is 0 Å². The van der Waals surface area contributed by atoms with Crippen molar-refractivity contribution in [2.45, 2.75) is 51.6 Å². The first-order valence-corrected chi connectivity index (χ1v) is 5.22. The molecule has 1 rings (SSSR count). The molecule has 0 amide bonds. The first-order chi connectivity index (χ1) is 5.88. The maximum atomic E-state index is 5.48. The molecular weight excluding hydrogens is 150 g/mol. The van der Waals surface area contributed by atoms with E-state index in [2.05, 4.69) is 19.2 Å². The Hall–Kier alpha value is -0.0800. The first kappa shape index (κ1) is 10.0. The van der Waals surface area contributed by atoms with E-state index < -0.39 is 0 Å². The summed E-state index contributed by atoms with van der Waals surface area (Å²) in [6, 6.07) is 1.55. The Morgan fingerprint density at radius 1 is 1.17 bits per heavy atom. The lowest BCUT2D eigenvalue weighted by molar-refractivity contribution is 0.128. The zero-order chi connectivity index (χ0) is 8.81. The summed E-state index contributed by atoms with van der Waals surface area (Å²) in [4.78, 5) is 0. The highest BCUT2D eigenvalue weighted by molar-refractivity contribution is 4.96. The Morgan fingerprint density at radius 3 is 2.58 bits per heavy atom. The normalized spacial score (nSPS) is 27.5. The van der Waals surface area contributed by atoms with Gasteiger partial charge in [-0.1, -0.05) is 20.3 Å². The molecule has 1 aliphatic heterocycles. The van der Waals surface area contributed by atoms with Crippen LogP contribution < -0.4 is 5.32 Å². The van der Waals surface area contributed by atoms with E-state index in [0.717, 1.165) is 25.3 Å². The Balaban J connectivity index is 1.78. The van der Waals surface area contributed by atoms with E-state index in [0.29, 0.717) is 0 Å². The second kappa shape index (κ2) is 5.55. The Bertz CT molecular complexity index is 116. The van der Waals surface area contributed by atoms with Crippen molar-refractivity contribution in [2.75, 3.05) is 13.2 Å². The quantitative estimate of drug-likeness (QED) is 0.469. The molecule has 0 aromatic rings. The van der Waals surface area contributed by atoms with Crippen LogP contribution in [0.25, 0.3) is 0 Å². The molecule has 0 aromatic heterocycles. The van der Waals surface area contributed by atoms with Gasteiger partial charge < -0.3 is 10.1 Å². The van der Waals surface area contributed by atoms with E-state index in [1.165, 1.54) is 25.7 Å². The topological polar surface area (TPSA) is 31.2 Å². The highest BCUT2D eigenvalue weighted by Crippen LogP contribution is 2.17. The van der Waals surface area contributed by atoms with Crippen LogP contribution in [0.1, 0.15) is 39.5 Å². The third kappa shape index (κ3) is 3.55. The lowest BCUT2D eigenvalue weighted by atomic mass is 10.2. The summed E-state index contributed by atoms with van der Waals surface area (Å²) in [7, 11) is 0. The van der Waals surface area contributed by atoms with Crippen LogP contribution in [-0.4, -0.2) is 25.3 Å². The van der Waals surface area contributed by atoms with Crippen LogP contribution in [0.5, 0.6) is 0 Å². The number of unbranched alkanes of at least 4 members (excludes halogenated alkanes) is 1. The average Bonchev–Trinajstić information content (AvgIpc) is 2.83. The molecule has 1 aliphatic rings. The molecule has 0 aromatic carbocycles. The van der Waals surface area contributed by atoms with Crippen LogP contribution >= 0.6 is 0 Å². The molecule has 0 radical (unpaired) electrons.